The summed E-state index contributed by atoms with van der Waals surface area (Å²) in [7, 11) is 0. The smallest absolute Gasteiger partial charge is 0.444 e. The van der Waals surface area contributed by atoms with Gasteiger partial charge in [0.15, 0.2) is 5.65 Å². The summed E-state index contributed by atoms with van der Waals surface area (Å²) >= 11 is 0. The number of halogens is 3. The molecule has 1 aromatic carbocycles. The van der Waals surface area contributed by atoms with Crippen molar-refractivity contribution in [3.05, 3.63) is 42.2 Å². The monoisotopic (exact) mass is 521 g/mol. The van der Waals surface area contributed by atoms with E-state index in [1.807, 2.05) is 6.07 Å². The topological polar surface area (TPSA) is 102 Å². The van der Waals surface area contributed by atoms with Crippen molar-refractivity contribution < 1.29 is 32.5 Å². The first kappa shape index (κ1) is 26.5. The van der Waals surface area contributed by atoms with Crippen LogP contribution in [0.5, 0.6) is 5.75 Å². The van der Waals surface area contributed by atoms with E-state index in [1.54, 1.807) is 40.8 Å². The Labute approximate surface area is 212 Å². The van der Waals surface area contributed by atoms with Gasteiger partial charge >= 0.3 is 12.5 Å². The third-order valence-corrected chi connectivity index (χ3v) is 5.95. The third-order valence-electron chi connectivity index (χ3n) is 5.95. The fraction of sp³-hybridized carbons (Fsp3) is 0.480. The number of nitrogens with zero attached hydrogens (tertiary/aromatic N) is 4. The molecule has 1 fully saturated rings. The van der Waals surface area contributed by atoms with Crippen molar-refractivity contribution in [2.75, 3.05) is 18.0 Å². The Bertz CT molecular complexity index is 1270. The first-order valence-electron chi connectivity index (χ1n) is 11.8. The maximum absolute atomic E-state index is 12.6. The fourth-order valence-corrected chi connectivity index (χ4v) is 4.04. The lowest BCUT2D eigenvalue weighted by Crippen LogP contribution is -2.55. The van der Waals surface area contributed by atoms with Crippen molar-refractivity contribution in [3.63, 3.8) is 0 Å². The van der Waals surface area contributed by atoms with Crippen LogP contribution in [0.1, 0.15) is 40.3 Å². The Balaban J connectivity index is 1.70. The number of ether oxygens (including phenoxy) is 2. The number of carbonyl (C=O) groups is 1. The number of amides is 1. The Morgan fingerprint density at radius 2 is 1.76 bits per heavy atom. The van der Waals surface area contributed by atoms with E-state index in [9.17, 15) is 23.1 Å². The van der Waals surface area contributed by atoms with Gasteiger partial charge in [0.2, 0.25) is 0 Å². The van der Waals surface area contributed by atoms with Crippen LogP contribution in [0.2, 0.25) is 0 Å². The number of alkyl carbamates (subject to hydrolysis) is 1. The van der Waals surface area contributed by atoms with E-state index >= 15 is 0 Å². The highest BCUT2D eigenvalue weighted by atomic mass is 19.4. The summed E-state index contributed by atoms with van der Waals surface area (Å²) in [6, 6.07) is 7.12. The van der Waals surface area contributed by atoms with Crippen LogP contribution in [0.25, 0.3) is 16.7 Å². The maximum Gasteiger partial charge on any atom is 0.573 e. The molecule has 4 rings (SSSR count). The van der Waals surface area contributed by atoms with Crippen LogP contribution in [0.3, 0.4) is 0 Å². The largest absolute Gasteiger partial charge is 0.573 e. The minimum absolute atomic E-state index is 0.0368. The summed E-state index contributed by atoms with van der Waals surface area (Å²) in [5.74, 6) is -0.276. The lowest BCUT2D eigenvalue weighted by Gasteiger charge is -2.46. The van der Waals surface area contributed by atoms with Crippen molar-refractivity contribution >= 4 is 22.8 Å². The molecule has 0 bridgehead atoms. The summed E-state index contributed by atoms with van der Waals surface area (Å²) in [6.45, 7) is 10.1. The van der Waals surface area contributed by atoms with Crippen LogP contribution < -0.4 is 15.0 Å². The number of fused-ring (bicyclic) bond motifs is 1. The first-order valence-corrected chi connectivity index (χ1v) is 11.8. The van der Waals surface area contributed by atoms with Gasteiger partial charge in [-0.3, -0.25) is 0 Å². The van der Waals surface area contributed by atoms with E-state index in [2.05, 4.69) is 25.0 Å². The second-order valence-electron chi connectivity index (χ2n) is 10.5. The number of carbonyl (C=O) groups excluding carboxylic acids is 1. The average Bonchev–Trinajstić information content (AvgIpc) is 3.08. The standard InChI is InChI=1S/C25H30F3N5O4/c1-23(2,3)37-22(34)30-12-18-20-19(32-13-15(14-32)24(4,5)35)10-11-29-21(20)33(31-18)16-6-8-17(9-7-16)36-25(26,27)28/h6-11,15,35H,12-14H2,1-5H3,(H,30,34). The van der Waals surface area contributed by atoms with E-state index in [-0.39, 0.29) is 18.2 Å². The number of pyridine rings is 1. The lowest BCUT2D eigenvalue weighted by molar-refractivity contribution is -0.274. The number of hydrogen-bond donors (Lipinski definition) is 2. The zero-order valence-corrected chi connectivity index (χ0v) is 21.3. The van der Waals surface area contributed by atoms with E-state index in [1.165, 1.54) is 28.9 Å². The highest BCUT2D eigenvalue weighted by Crippen LogP contribution is 2.37. The fourth-order valence-electron chi connectivity index (χ4n) is 4.04. The van der Waals surface area contributed by atoms with Gasteiger partial charge in [-0.2, -0.15) is 5.10 Å². The quantitative estimate of drug-likeness (QED) is 0.491. The molecule has 2 aromatic heterocycles. The number of rotatable bonds is 6. The molecule has 0 radical (unpaired) electrons. The van der Waals surface area contributed by atoms with Gasteiger partial charge in [-0.15, -0.1) is 13.2 Å². The molecule has 0 aliphatic carbocycles. The molecule has 3 aromatic rings. The van der Waals surface area contributed by atoms with E-state index in [4.69, 9.17) is 4.74 Å². The average molecular weight is 522 g/mol. The third kappa shape index (κ3) is 6.24. The Morgan fingerprint density at radius 3 is 2.32 bits per heavy atom. The van der Waals surface area contributed by atoms with Crippen molar-refractivity contribution in [3.8, 4) is 11.4 Å². The summed E-state index contributed by atoms with van der Waals surface area (Å²) in [5.41, 5.74) is 0.762. The van der Waals surface area contributed by atoms with E-state index in [0.717, 1.165) is 5.69 Å². The predicted molar refractivity (Wildman–Crippen MR) is 131 cm³/mol. The normalized spacial score (nSPS) is 15.0. The van der Waals surface area contributed by atoms with Crippen LogP contribution >= 0.6 is 0 Å². The second kappa shape index (κ2) is 9.40. The molecule has 1 aliphatic rings. The lowest BCUT2D eigenvalue weighted by atomic mass is 9.84. The number of anilines is 1. The van der Waals surface area contributed by atoms with Crippen molar-refractivity contribution in [2.24, 2.45) is 5.92 Å². The van der Waals surface area contributed by atoms with Gasteiger partial charge in [-0.1, -0.05) is 0 Å². The Morgan fingerprint density at radius 1 is 1.11 bits per heavy atom. The minimum Gasteiger partial charge on any atom is -0.444 e. The summed E-state index contributed by atoms with van der Waals surface area (Å²) < 4.78 is 48.5. The zero-order chi connectivity index (χ0) is 27.2. The molecule has 9 nitrogen and oxygen atoms in total. The molecule has 37 heavy (non-hydrogen) atoms. The molecule has 2 N–H and O–H groups in total. The van der Waals surface area contributed by atoms with Gasteiger partial charge in [-0.25, -0.2) is 14.5 Å². The van der Waals surface area contributed by atoms with Crippen molar-refractivity contribution in [1.82, 2.24) is 20.1 Å². The summed E-state index contributed by atoms with van der Waals surface area (Å²) in [5, 5.41) is 18.4. The molecule has 3 heterocycles. The number of hydrogen-bond acceptors (Lipinski definition) is 7. The van der Waals surface area contributed by atoms with Crippen LogP contribution in [0.15, 0.2) is 36.5 Å². The number of benzene rings is 1. The van der Waals surface area contributed by atoms with Gasteiger partial charge in [0, 0.05) is 25.2 Å². The molecule has 200 valence electrons. The molecule has 1 aliphatic heterocycles. The number of aromatic nitrogens is 3. The highest BCUT2D eigenvalue weighted by Gasteiger charge is 2.38. The number of aliphatic hydroxyl groups is 1. The van der Waals surface area contributed by atoms with Crippen molar-refractivity contribution in [1.29, 1.82) is 0 Å². The molecule has 0 spiro atoms. The van der Waals surface area contributed by atoms with E-state index < -0.39 is 23.7 Å². The molecular weight excluding hydrogens is 491 g/mol. The van der Waals surface area contributed by atoms with E-state index in [0.29, 0.717) is 35.5 Å². The number of nitrogens with one attached hydrogen (secondary N) is 1. The van der Waals surface area contributed by atoms with Gasteiger partial charge in [0.05, 0.1) is 34.6 Å². The Kier molecular flexibility index (Phi) is 6.74. The highest BCUT2D eigenvalue weighted by molar-refractivity contribution is 5.93. The molecule has 1 amide bonds. The molecule has 0 saturated carbocycles. The van der Waals surface area contributed by atoms with Crippen LogP contribution in [0, 0.1) is 5.92 Å². The zero-order valence-electron chi connectivity index (χ0n) is 21.3. The molecule has 0 atom stereocenters. The van der Waals surface area contributed by atoms with Crippen LogP contribution in [-0.4, -0.2) is 56.6 Å². The van der Waals surface area contributed by atoms with Gasteiger partial charge < -0.3 is 24.8 Å². The molecule has 1 saturated heterocycles. The minimum atomic E-state index is -4.80. The molecule has 0 unspecified atom stereocenters. The first-order chi connectivity index (χ1) is 17.1. The maximum atomic E-state index is 12.6. The SMILES string of the molecule is CC(C)(C)OC(=O)NCc1nn(-c2ccc(OC(F)(F)F)cc2)c2nccc(N3CC(C(C)(C)O)C3)c12. The molecular formula is C25H30F3N5O4. The van der Waals surface area contributed by atoms with Crippen molar-refractivity contribution in [2.45, 2.75) is 58.7 Å². The number of alkyl halides is 3. The van der Waals surface area contributed by atoms with Gasteiger partial charge in [0.25, 0.3) is 0 Å². The summed E-state index contributed by atoms with van der Waals surface area (Å²) in [4.78, 5) is 18.9. The van der Waals surface area contributed by atoms with Crippen LogP contribution in [0.4, 0.5) is 23.7 Å². The summed E-state index contributed by atoms with van der Waals surface area (Å²) in [6.07, 6.45) is -3.78. The predicted octanol–water partition coefficient (Wildman–Crippen LogP) is 4.55. The van der Waals surface area contributed by atoms with Gasteiger partial charge in [0.1, 0.15) is 11.4 Å². The van der Waals surface area contributed by atoms with Gasteiger partial charge in [-0.05, 0) is 65.0 Å². The van der Waals surface area contributed by atoms with Crippen LogP contribution in [-0.2, 0) is 11.3 Å². The Hall–Kier alpha value is -3.54. The molecule has 12 heteroatoms. The second-order valence-corrected chi connectivity index (χ2v) is 10.5.